The fourth-order valence-corrected chi connectivity index (χ4v) is 5.58. The van der Waals surface area contributed by atoms with Gasteiger partial charge in [0.25, 0.3) is 5.91 Å². The Labute approximate surface area is 240 Å². The highest BCUT2D eigenvalue weighted by molar-refractivity contribution is 6.19. The van der Waals surface area contributed by atoms with Crippen molar-refractivity contribution in [3.63, 3.8) is 0 Å². The third-order valence-corrected chi connectivity index (χ3v) is 7.50. The number of aryl methyl sites for hydroxylation is 1. The normalized spacial score (nSPS) is 14.9. The van der Waals surface area contributed by atoms with E-state index in [2.05, 4.69) is 31.3 Å². The quantitative estimate of drug-likeness (QED) is 0.184. The van der Waals surface area contributed by atoms with Crippen LogP contribution in [0.3, 0.4) is 0 Å². The molecule has 1 aliphatic rings. The third kappa shape index (κ3) is 5.48. The average molecular weight is 562 g/mol. The van der Waals surface area contributed by atoms with Gasteiger partial charge in [0, 0.05) is 53.4 Å². The Kier molecular flexibility index (Phi) is 7.69. The summed E-state index contributed by atoms with van der Waals surface area (Å²) in [6, 6.07) is 13.7. The second kappa shape index (κ2) is 11.0. The number of carbonyl (C=O) groups is 2. The minimum Gasteiger partial charge on any atom is -0.493 e. The van der Waals surface area contributed by atoms with Crippen LogP contribution in [0.15, 0.2) is 54.9 Å². The Balaban J connectivity index is 1.50. The number of anilines is 2. The van der Waals surface area contributed by atoms with Crippen molar-refractivity contribution in [2.45, 2.75) is 59.0 Å². The summed E-state index contributed by atoms with van der Waals surface area (Å²) < 4.78 is 13.5. The van der Waals surface area contributed by atoms with E-state index in [4.69, 9.17) is 21.1 Å². The maximum absolute atomic E-state index is 14.0. The number of pyridine rings is 1. The number of hydrogen-bond donors (Lipinski definition) is 1. The topological polar surface area (TPSA) is 72.3 Å². The van der Waals surface area contributed by atoms with Crippen LogP contribution in [0.25, 0.3) is 16.3 Å². The highest BCUT2D eigenvalue weighted by Crippen LogP contribution is 2.47. The zero-order valence-electron chi connectivity index (χ0n) is 23.7. The van der Waals surface area contributed by atoms with Crippen LogP contribution in [0, 0.1) is 6.92 Å². The number of hydrogen-bond acceptors (Lipinski definition) is 4. The second-order valence-corrected chi connectivity index (χ2v) is 11.7. The first-order valence-corrected chi connectivity index (χ1v) is 14.3. The van der Waals surface area contributed by atoms with Crippen LogP contribution in [-0.2, 0) is 4.74 Å². The van der Waals surface area contributed by atoms with Gasteiger partial charge in [-0.15, -0.1) is 11.6 Å². The Morgan fingerprint density at radius 3 is 2.67 bits per heavy atom. The molecule has 40 heavy (non-hydrogen) atoms. The zero-order valence-corrected chi connectivity index (χ0v) is 24.5. The maximum atomic E-state index is 14.0. The van der Waals surface area contributed by atoms with E-state index >= 15 is 0 Å². The molecule has 0 radical (unpaired) electrons. The van der Waals surface area contributed by atoms with E-state index in [0.29, 0.717) is 30.3 Å². The molecule has 1 aliphatic heterocycles. The molecule has 1 N–H and O–H groups in total. The number of rotatable bonds is 7. The molecule has 0 saturated heterocycles. The first-order chi connectivity index (χ1) is 19.1. The summed E-state index contributed by atoms with van der Waals surface area (Å²) in [5, 5.41) is 4.93. The number of ether oxygens (including phenoxy) is 2. The lowest BCUT2D eigenvalue weighted by molar-refractivity contribution is 0.0635. The molecular formula is C32H36ClN3O4. The van der Waals surface area contributed by atoms with Crippen molar-refractivity contribution in [3.05, 3.63) is 71.5 Å². The Morgan fingerprint density at radius 2 is 1.95 bits per heavy atom. The van der Waals surface area contributed by atoms with Gasteiger partial charge in [-0.05, 0) is 68.8 Å². The molecule has 8 heteroatoms. The van der Waals surface area contributed by atoms with Crippen molar-refractivity contribution in [2.75, 3.05) is 29.2 Å². The number of halogens is 1. The van der Waals surface area contributed by atoms with Crippen LogP contribution in [-0.4, -0.2) is 41.0 Å². The van der Waals surface area contributed by atoms with Crippen LogP contribution >= 0.6 is 11.6 Å². The molecule has 0 saturated carbocycles. The van der Waals surface area contributed by atoms with Crippen molar-refractivity contribution >= 4 is 51.3 Å². The number of unbranched alkanes of at least 4 members (excludes halogenated alkanes) is 1. The van der Waals surface area contributed by atoms with E-state index in [1.54, 1.807) is 6.07 Å². The lowest BCUT2D eigenvalue weighted by Crippen LogP contribution is -2.29. The number of benzene rings is 2. The summed E-state index contributed by atoms with van der Waals surface area (Å²) in [4.78, 5) is 28.1. The molecule has 1 atom stereocenters. The summed E-state index contributed by atoms with van der Waals surface area (Å²) in [6.45, 7) is 10.8. The molecule has 0 fully saturated rings. The molecule has 2 aromatic carbocycles. The smallest absolute Gasteiger partial charge is 0.412 e. The van der Waals surface area contributed by atoms with E-state index in [0.717, 1.165) is 51.7 Å². The van der Waals surface area contributed by atoms with Crippen molar-refractivity contribution in [2.24, 2.45) is 0 Å². The maximum Gasteiger partial charge on any atom is 0.412 e. The molecule has 0 aliphatic carbocycles. The van der Waals surface area contributed by atoms with E-state index < -0.39 is 11.7 Å². The van der Waals surface area contributed by atoms with Crippen LogP contribution < -0.4 is 15.0 Å². The van der Waals surface area contributed by atoms with Gasteiger partial charge < -0.3 is 18.8 Å². The monoisotopic (exact) mass is 561 g/mol. The van der Waals surface area contributed by atoms with Crippen LogP contribution in [0.5, 0.6) is 5.75 Å². The Hall–Kier alpha value is -3.71. The summed E-state index contributed by atoms with van der Waals surface area (Å²) in [5.41, 5.74) is 4.41. The lowest BCUT2D eigenvalue weighted by Gasteiger charge is -2.20. The van der Waals surface area contributed by atoms with Crippen LogP contribution in [0.1, 0.15) is 67.9 Å². The highest BCUT2D eigenvalue weighted by atomic mass is 35.5. The van der Waals surface area contributed by atoms with Gasteiger partial charge in [0.05, 0.1) is 17.9 Å². The van der Waals surface area contributed by atoms with E-state index in [-0.39, 0.29) is 11.8 Å². The van der Waals surface area contributed by atoms with Gasteiger partial charge in [0.15, 0.2) is 0 Å². The molecular weight excluding hydrogens is 526 g/mol. The van der Waals surface area contributed by atoms with Crippen molar-refractivity contribution in [3.8, 4) is 5.75 Å². The summed E-state index contributed by atoms with van der Waals surface area (Å²) in [6.07, 6.45) is 5.10. The predicted molar refractivity (Wildman–Crippen MR) is 161 cm³/mol. The molecule has 4 aromatic rings. The van der Waals surface area contributed by atoms with Gasteiger partial charge in [0.2, 0.25) is 0 Å². The van der Waals surface area contributed by atoms with Gasteiger partial charge in [-0.25, -0.2) is 4.79 Å². The highest BCUT2D eigenvalue weighted by Gasteiger charge is 2.36. The number of nitrogens with zero attached hydrogens (tertiary/aromatic N) is 2. The summed E-state index contributed by atoms with van der Waals surface area (Å²) in [5.74, 6) is 1.11. The standard InChI is InChI=1S/C32H36ClN3O4/c1-6-7-13-39-27-16-26-29(28-20(2)9-8-10-25(27)28)22(17-33)19-36(26)30(37)21-14-24-15-23(11-12-35(24)18-21)34-31(38)40-32(3,4)5/h8-12,14-16,18,22H,6-7,13,17,19H2,1-5H3,(H,34,38)/t22-/m1/s1. The zero-order chi connectivity index (χ0) is 28.6. The largest absolute Gasteiger partial charge is 0.493 e. The Morgan fingerprint density at radius 1 is 1.15 bits per heavy atom. The van der Waals surface area contributed by atoms with Gasteiger partial charge in [-0.2, -0.15) is 0 Å². The van der Waals surface area contributed by atoms with Crippen molar-refractivity contribution in [1.82, 2.24) is 4.40 Å². The second-order valence-electron chi connectivity index (χ2n) is 11.4. The number of fused-ring (bicyclic) bond motifs is 4. The van der Waals surface area contributed by atoms with E-state index in [9.17, 15) is 9.59 Å². The van der Waals surface area contributed by atoms with E-state index in [1.165, 1.54) is 0 Å². The number of alkyl halides is 1. The fourth-order valence-electron chi connectivity index (χ4n) is 5.33. The number of amides is 2. The van der Waals surface area contributed by atoms with Crippen molar-refractivity contribution < 1.29 is 19.1 Å². The Bertz CT molecular complexity index is 1590. The SMILES string of the molecule is CCCCOc1cc2c(c3c(C)cccc13)[C@H](CCl)CN2C(=O)c1cc2cc(NC(=O)OC(C)(C)C)ccn2c1. The van der Waals surface area contributed by atoms with Gasteiger partial charge in [-0.3, -0.25) is 10.1 Å². The minimum atomic E-state index is -0.597. The summed E-state index contributed by atoms with van der Waals surface area (Å²) in [7, 11) is 0. The molecule has 210 valence electrons. The van der Waals surface area contributed by atoms with Gasteiger partial charge in [0.1, 0.15) is 11.4 Å². The summed E-state index contributed by atoms with van der Waals surface area (Å²) >= 11 is 6.49. The predicted octanol–water partition coefficient (Wildman–Crippen LogP) is 7.91. The molecule has 2 aromatic heterocycles. The first kappa shape index (κ1) is 27.8. The molecule has 0 bridgehead atoms. The molecule has 5 rings (SSSR count). The van der Waals surface area contributed by atoms with Crippen LogP contribution in [0.4, 0.5) is 16.2 Å². The van der Waals surface area contributed by atoms with Gasteiger partial charge in [-0.1, -0.05) is 31.5 Å². The average Bonchev–Trinajstić information content (AvgIpc) is 3.48. The molecule has 2 amide bonds. The molecule has 0 unspecified atom stereocenters. The third-order valence-electron chi connectivity index (χ3n) is 7.13. The van der Waals surface area contributed by atoms with Gasteiger partial charge >= 0.3 is 6.09 Å². The lowest BCUT2D eigenvalue weighted by atomic mass is 9.92. The number of carbonyl (C=O) groups excluding carboxylic acids is 2. The molecule has 0 spiro atoms. The van der Waals surface area contributed by atoms with Crippen molar-refractivity contribution in [1.29, 1.82) is 0 Å². The van der Waals surface area contributed by atoms with Crippen LogP contribution in [0.2, 0.25) is 0 Å². The van der Waals surface area contributed by atoms with E-state index in [1.807, 2.05) is 66.7 Å². The number of aromatic nitrogens is 1. The minimum absolute atomic E-state index is 0.00979. The fraction of sp³-hybridized carbons (Fsp3) is 0.375. The molecule has 3 heterocycles. The first-order valence-electron chi connectivity index (χ1n) is 13.8. The molecule has 7 nitrogen and oxygen atoms in total. The number of nitrogens with one attached hydrogen (secondary N) is 1.